The molecule has 0 saturated heterocycles. The molecule has 416 valence electrons. The first kappa shape index (κ1) is 68.9. The van der Waals surface area contributed by atoms with Crippen LogP contribution in [0.4, 0.5) is 0 Å². The molecule has 0 rings (SSSR count). The highest BCUT2D eigenvalue weighted by Crippen LogP contribution is 2.19. The lowest BCUT2D eigenvalue weighted by Crippen LogP contribution is -2.45. The first-order chi connectivity index (χ1) is 34.7. The van der Waals surface area contributed by atoms with Gasteiger partial charge in [0, 0.05) is 6.42 Å². The van der Waals surface area contributed by atoms with Crippen molar-refractivity contribution in [2.75, 3.05) is 6.61 Å². The second-order valence-corrected chi connectivity index (χ2v) is 22.5. The molecule has 3 N–H and O–H groups in total. The van der Waals surface area contributed by atoms with E-state index in [1.165, 1.54) is 321 Å². The number of rotatable bonds is 61. The van der Waals surface area contributed by atoms with Gasteiger partial charge in [0.25, 0.3) is 0 Å². The van der Waals surface area contributed by atoms with Crippen LogP contribution >= 0.6 is 0 Å². The van der Waals surface area contributed by atoms with E-state index in [0.29, 0.717) is 6.42 Å². The lowest BCUT2D eigenvalue weighted by Gasteiger charge is -2.19. The van der Waals surface area contributed by atoms with Crippen LogP contribution in [0.15, 0.2) is 24.3 Å². The minimum Gasteiger partial charge on any atom is -0.394 e. The van der Waals surface area contributed by atoms with Crippen LogP contribution in [0.2, 0.25) is 0 Å². The molecular weight excluding hydrogens is 855 g/mol. The molecule has 0 spiro atoms. The Balaban J connectivity index is 3.45. The smallest absolute Gasteiger partial charge is 0.220 e. The molecule has 0 bridgehead atoms. The van der Waals surface area contributed by atoms with Crippen LogP contribution in [0, 0.1) is 0 Å². The van der Waals surface area contributed by atoms with Crippen molar-refractivity contribution in [2.24, 2.45) is 0 Å². The van der Waals surface area contributed by atoms with Gasteiger partial charge in [0.1, 0.15) is 0 Å². The van der Waals surface area contributed by atoms with Gasteiger partial charge in [-0.15, -0.1) is 0 Å². The van der Waals surface area contributed by atoms with Crippen molar-refractivity contribution in [3.05, 3.63) is 24.3 Å². The third-order valence-electron chi connectivity index (χ3n) is 15.4. The van der Waals surface area contributed by atoms with Crippen LogP contribution in [-0.2, 0) is 4.79 Å². The van der Waals surface area contributed by atoms with E-state index >= 15 is 0 Å². The van der Waals surface area contributed by atoms with Gasteiger partial charge in [-0.3, -0.25) is 4.79 Å². The maximum absolute atomic E-state index is 12.5. The third-order valence-corrected chi connectivity index (χ3v) is 15.4. The zero-order valence-electron chi connectivity index (χ0n) is 48.1. The fourth-order valence-electron chi connectivity index (χ4n) is 10.5. The number of aliphatic hydroxyl groups excluding tert-OH is 2. The molecule has 4 heteroatoms. The molecule has 0 radical (unpaired) electrons. The summed E-state index contributed by atoms with van der Waals surface area (Å²) in [6.45, 7) is 4.35. The van der Waals surface area contributed by atoms with E-state index < -0.39 is 12.1 Å². The van der Waals surface area contributed by atoms with E-state index in [0.717, 1.165) is 32.1 Å². The van der Waals surface area contributed by atoms with Crippen molar-refractivity contribution in [2.45, 2.75) is 386 Å². The fourth-order valence-corrected chi connectivity index (χ4v) is 10.5. The predicted octanol–water partition coefficient (Wildman–Crippen LogP) is 21.8. The summed E-state index contributed by atoms with van der Waals surface area (Å²) in [5.74, 6) is -0.0650. The molecule has 0 saturated carbocycles. The quantitative estimate of drug-likeness (QED) is 0.0420. The Hall–Kier alpha value is -1.13. The molecule has 2 atom stereocenters. The molecule has 0 aromatic carbocycles. The number of hydrogen-bond donors (Lipinski definition) is 3. The van der Waals surface area contributed by atoms with Crippen molar-refractivity contribution in [3.8, 4) is 0 Å². The van der Waals surface area contributed by atoms with Crippen LogP contribution in [0.5, 0.6) is 0 Å². The minimum atomic E-state index is -0.861. The van der Waals surface area contributed by atoms with Gasteiger partial charge < -0.3 is 15.5 Å². The van der Waals surface area contributed by atoms with Crippen molar-refractivity contribution in [1.29, 1.82) is 0 Å². The Morgan fingerprint density at radius 2 is 0.557 bits per heavy atom. The number of amides is 1. The molecule has 0 fully saturated rings. The fraction of sp³-hybridized carbons (Fsp3) is 0.924. The summed E-state index contributed by atoms with van der Waals surface area (Å²) in [7, 11) is 0. The largest absolute Gasteiger partial charge is 0.394 e. The Morgan fingerprint density at radius 3 is 0.829 bits per heavy atom. The van der Waals surface area contributed by atoms with Crippen LogP contribution in [0.1, 0.15) is 373 Å². The summed E-state index contributed by atoms with van der Waals surface area (Å²) in [5.41, 5.74) is 0. The average molecular weight is 985 g/mol. The minimum absolute atomic E-state index is 0.0650. The van der Waals surface area contributed by atoms with Crippen LogP contribution in [0.3, 0.4) is 0 Å². The van der Waals surface area contributed by atoms with Gasteiger partial charge in [-0.25, -0.2) is 0 Å². The Bertz CT molecular complexity index is 1020. The normalized spacial score (nSPS) is 12.8. The summed E-state index contributed by atoms with van der Waals surface area (Å²) >= 11 is 0. The second-order valence-electron chi connectivity index (χ2n) is 22.5. The van der Waals surface area contributed by atoms with Gasteiger partial charge in [0.2, 0.25) is 5.91 Å². The number of carbonyl (C=O) groups excluding carboxylic acids is 1. The number of hydrogen-bond acceptors (Lipinski definition) is 3. The van der Waals surface area contributed by atoms with E-state index in [1.54, 1.807) is 6.08 Å². The molecule has 0 aliphatic carbocycles. The van der Waals surface area contributed by atoms with E-state index in [2.05, 4.69) is 31.3 Å². The molecule has 1 amide bonds. The van der Waals surface area contributed by atoms with Crippen LogP contribution < -0.4 is 5.32 Å². The number of allylic oxidation sites excluding steroid dienone is 3. The van der Waals surface area contributed by atoms with Gasteiger partial charge in [0.05, 0.1) is 18.8 Å². The topological polar surface area (TPSA) is 69.6 Å². The molecule has 0 heterocycles. The van der Waals surface area contributed by atoms with Crippen LogP contribution in [-0.4, -0.2) is 34.9 Å². The monoisotopic (exact) mass is 984 g/mol. The first-order valence-corrected chi connectivity index (χ1v) is 32.6. The maximum Gasteiger partial charge on any atom is 0.220 e. The van der Waals surface area contributed by atoms with Crippen molar-refractivity contribution in [3.63, 3.8) is 0 Å². The summed E-state index contributed by atoms with van der Waals surface area (Å²) < 4.78 is 0. The highest BCUT2D eigenvalue weighted by Gasteiger charge is 2.18. The lowest BCUT2D eigenvalue weighted by molar-refractivity contribution is -0.123. The van der Waals surface area contributed by atoms with Crippen molar-refractivity contribution >= 4 is 5.91 Å². The van der Waals surface area contributed by atoms with Gasteiger partial charge in [-0.2, -0.15) is 0 Å². The van der Waals surface area contributed by atoms with Gasteiger partial charge >= 0.3 is 0 Å². The maximum atomic E-state index is 12.5. The predicted molar refractivity (Wildman–Crippen MR) is 313 cm³/mol. The Kier molecular flexibility index (Phi) is 61.2. The molecule has 70 heavy (non-hydrogen) atoms. The van der Waals surface area contributed by atoms with Gasteiger partial charge in [-0.05, 0) is 32.1 Å². The number of nitrogens with one attached hydrogen (secondary N) is 1. The lowest BCUT2D eigenvalue weighted by atomic mass is 10.0. The first-order valence-electron chi connectivity index (χ1n) is 32.6. The molecule has 0 aliphatic rings. The number of carbonyl (C=O) groups is 1. The van der Waals surface area contributed by atoms with E-state index in [1.807, 2.05) is 6.08 Å². The third kappa shape index (κ3) is 57.8. The zero-order chi connectivity index (χ0) is 50.6. The zero-order valence-corrected chi connectivity index (χ0v) is 48.1. The molecule has 4 nitrogen and oxygen atoms in total. The average Bonchev–Trinajstić information content (AvgIpc) is 3.36. The van der Waals surface area contributed by atoms with Crippen molar-refractivity contribution < 1.29 is 15.0 Å². The summed E-state index contributed by atoms with van der Waals surface area (Å²) in [6.07, 6.45) is 83.9. The molecule has 2 unspecified atom stereocenters. The standard InChI is InChI=1S/C66H129NO3/c1-3-5-7-9-11-13-15-17-19-21-23-25-27-29-31-32-33-34-35-36-37-39-41-43-45-47-49-51-53-55-57-59-61-65(69)64(63-68)67-66(70)62-60-58-56-54-52-50-48-46-44-42-40-38-30-28-26-24-22-20-18-16-14-12-10-8-6-4-2/h51,53,59,61,64-65,68-69H,3-50,52,54-58,60,62-63H2,1-2H3,(H,67,70)/b53-51+,61-59+. The van der Waals surface area contributed by atoms with E-state index in [-0.39, 0.29) is 12.5 Å². The molecular formula is C66H129NO3. The second kappa shape index (κ2) is 62.2. The Morgan fingerprint density at radius 1 is 0.329 bits per heavy atom. The van der Waals surface area contributed by atoms with E-state index in [4.69, 9.17) is 0 Å². The van der Waals surface area contributed by atoms with Gasteiger partial charge in [-0.1, -0.05) is 359 Å². The number of unbranched alkanes of at least 4 members (excludes halogenated alkanes) is 52. The highest BCUT2D eigenvalue weighted by atomic mass is 16.3. The van der Waals surface area contributed by atoms with Crippen molar-refractivity contribution in [1.82, 2.24) is 5.32 Å². The van der Waals surface area contributed by atoms with E-state index in [9.17, 15) is 15.0 Å². The summed E-state index contributed by atoms with van der Waals surface area (Å²) in [5, 5.41) is 23.2. The SMILES string of the molecule is CCCCCCCCCCCCCCCCCCCCCCCCCCCC/C=C/CC/C=C/C(O)C(CO)NC(=O)CCCCCCCCCCCCCCCCCCCCCCCCCCCC. The summed E-state index contributed by atoms with van der Waals surface area (Å²) in [6, 6.07) is -0.637. The summed E-state index contributed by atoms with van der Waals surface area (Å²) in [4.78, 5) is 12.5. The van der Waals surface area contributed by atoms with Gasteiger partial charge in [0.15, 0.2) is 0 Å². The molecule has 0 aromatic heterocycles. The van der Waals surface area contributed by atoms with Crippen LogP contribution in [0.25, 0.3) is 0 Å². The number of aliphatic hydroxyl groups is 2. The Labute approximate surface area is 440 Å². The highest BCUT2D eigenvalue weighted by molar-refractivity contribution is 5.76. The molecule has 0 aromatic rings. The molecule has 0 aliphatic heterocycles.